The molecule has 2 unspecified atom stereocenters. The van der Waals surface area contributed by atoms with Gasteiger partial charge < -0.3 is 4.74 Å². The van der Waals surface area contributed by atoms with Crippen molar-refractivity contribution < 1.29 is 14.3 Å². The fourth-order valence-electron chi connectivity index (χ4n) is 7.08. The lowest BCUT2D eigenvalue weighted by atomic mass is 9.66. The Balaban J connectivity index is 2.66. The fourth-order valence-corrected chi connectivity index (χ4v) is 7.08. The van der Waals surface area contributed by atoms with E-state index in [4.69, 9.17) is 4.74 Å². The van der Waals surface area contributed by atoms with Crippen LogP contribution >= 0.6 is 0 Å². The third-order valence-corrected chi connectivity index (χ3v) is 9.52. The number of hydrogen-bond acceptors (Lipinski definition) is 3. The van der Waals surface area contributed by atoms with Crippen LogP contribution in [0.5, 0.6) is 0 Å². The molecule has 1 saturated carbocycles. The summed E-state index contributed by atoms with van der Waals surface area (Å²) in [6, 6.07) is 0. The van der Waals surface area contributed by atoms with Crippen LogP contribution < -0.4 is 0 Å². The zero-order valence-electron chi connectivity index (χ0n) is 26.7. The number of hydrogen-bond donors (Lipinski definition) is 0. The molecule has 39 heavy (non-hydrogen) atoms. The zero-order chi connectivity index (χ0) is 28.6. The van der Waals surface area contributed by atoms with Gasteiger partial charge in [-0.3, -0.25) is 9.59 Å². The lowest BCUT2D eigenvalue weighted by molar-refractivity contribution is -0.142. The van der Waals surface area contributed by atoms with Crippen LogP contribution in [0.4, 0.5) is 0 Å². The second-order valence-electron chi connectivity index (χ2n) is 12.6. The number of unbranched alkanes of at least 4 members (excludes halogenated alkanes) is 18. The number of ketones is 1. The number of carbonyl (C=O) groups excluding carboxylic acids is 2. The van der Waals surface area contributed by atoms with Crippen molar-refractivity contribution in [3.05, 3.63) is 12.2 Å². The second-order valence-corrected chi connectivity index (χ2v) is 12.6. The number of Topliss-reactive ketones (excluding diaryl/α,β-unsaturated/α-hetero) is 1. The summed E-state index contributed by atoms with van der Waals surface area (Å²) in [6.45, 7) is 6.62. The minimum atomic E-state index is -0.238. The summed E-state index contributed by atoms with van der Waals surface area (Å²) in [5.41, 5.74) is -0.238. The summed E-state index contributed by atoms with van der Waals surface area (Å²) >= 11 is 0. The van der Waals surface area contributed by atoms with Crippen molar-refractivity contribution in [2.24, 2.45) is 17.3 Å². The van der Waals surface area contributed by atoms with E-state index >= 15 is 0 Å². The zero-order valence-corrected chi connectivity index (χ0v) is 26.7. The molecule has 0 aliphatic heterocycles. The van der Waals surface area contributed by atoms with Gasteiger partial charge in [-0.2, -0.15) is 0 Å². The molecule has 0 aromatic carbocycles. The molecule has 1 aliphatic carbocycles. The Labute approximate surface area is 243 Å². The maximum Gasteiger partial charge on any atom is 0.305 e. The van der Waals surface area contributed by atoms with Crippen molar-refractivity contribution >= 4 is 11.8 Å². The van der Waals surface area contributed by atoms with E-state index in [-0.39, 0.29) is 23.2 Å². The predicted octanol–water partition coefficient (Wildman–Crippen LogP) is 11.3. The van der Waals surface area contributed by atoms with Gasteiger partial charge in [-0.1, -0.05) is 154 Å². The highest BCUT2D eigenvalue weighted by Gasteiger charge is 2.53. The number of carbonyl (C=O) groups is 2. The SMILES string of the molecule is C/C=C\CC1C(CC(=O)OC)CC(=O)C1(CCCCCCCCCCCC)CCCCCCCCCCCC. The van der Waals surface area contributed by atoms with Crippen molar-refractivity contribution in [3.8, 4) is 0 Å². The summed E-state index contributed by atoms with van der Waals surface area (Å²) in [6.07, 6.45) is 34.7. The van der Waals surface area contributed by atoms with Crippen LogP contribution in [0.15, 0.2) is 12.2 Å². The van der Waals surface area contributed by atoms with Crippen LogP contribution in [-0.4, -0.2) is 18.9 Å². The molecule has 2 atom stereocenters. The molecule has 0 saturated heterocycles. The summed E-state index contributed by atoms with van der Waals surface area (Å²) in [7, 11) is 1.47. The average molecular weight is 547 g/mol. The van der Waals surface area contributed by atoms with Crippen LogP contribution in [-0.2, 0) is 14.3 Å². The Morgan fingerprint density at radius 3 is 1.54 bits per heavy atom. The molecule has 0 radical (unpaired) electrons. The molecule has 0 N–H and O–H groups in total. The molecule has 0 heterocycles. The molecule has 0 spiro atoms. The lowest BCUT2D eigenvalue weighted by Crippen LogP contribution is -2.34. The summed E-state index contributed by atoms with van der Waals surface area (Å²) in [5.74, 6) is 0.689. The minimum Gasteiger partial charge on any atom is -0.469 e. The van der Waals surface area contributed by atoms with Gasteiger partial charge >= 0.3 is 5.97 Å². The number of methoxy groups -OCH3 is 1. The molecular weight excluding hydrogens is 480 g/mol. The van der Waals surface area contributed by atoms with Gasteiger partial charge in [0.2, 0.25) is 0 Å². The fraction of sp³-hybridized carbons (Fsp3) is 0.889. The van der Waals surface area contributed by atoms with Gasteiger partial charge in [0.25, 0.3) is 0 Å². The first-order valence-electron chi connectivity index (χ1n) is 17.3. The normalized spacial score (nSPS) is 18.8. The minimum absolute atomic E-state index is 0.132. The molecule has 0 aromatic rings. The largest absolute Gasteiger partial charge is 0.469 e. The molecule has 3 nitrogen and oxygen atoms in total. The lowest BCUT2D eigenvalue weighted by Gasteiger charge is -2.36. The summed E-state index contributed by atoms with van der Waals surface area (Å²) in [4.78, 5) is 26.0. The van der Waals surface area contributed by atoms with E-state index in [1.807, 2.05) is 0 Å². The van der Waals surface area contributed by atoms with Crippen LogP contribution in [0.1, 0.15) is 181 Å². The quantitative estimate of drug-likeness (QED) is 0.0615. The number of rotatable bonds is 26. The van der Waals surface area contributed by atoms with Gasteiger partial charge in [0, 0.05) is 18.3 Å². The molecule has 1 fully saturated rings. The van der Waals surface area contributed by atoms with Gasteiger partial charge in [-0.15, -0.1) is 0 Å². The smallest absolute Gasteiger partial charge is 0.305 e. The maximum absolute atomic E-state index is 13.8. The van der Waals surface area contributed by atoms with E-state index in [9.17, 15) is 9.59 Å². The van der Waals surface area contributed by atoms with Crippen LogP contribution in [0, 0.1) is 17.3 Å². The average Bonchev–Trinajstić information content (AvgIpc) is 3.18. The summed E-state index contributed by atoms with van der Waals surface area (Å²) < 4.78 is 5.03. The highest BCUT2D eigenvalue weighted by atomic mass is 16.5. The molecule has 228 valence electrons. The Hall–Kier alpha value is -1.12. The van der Waals surface area contributed by atoms with E-state index in [1.54, 1.807) is 0 Å². The maximum atomic E-state index is 13.8. The Morgan fingerprint density at radius 1 is 0.744 bits per heavy atom. The van der Waals surface area contributed by atoms with Gasteiger partial charge in [0.15, 0.2) is 0 Å². The highest BCUT2D eigenvalue weighted by molar-refractivity contribution is 5.88. The van der Waals surface area contributed by atoms with E-state index in [0.29, 0.717) is 18.6 Å². The molecule has 1 rings (SSSR count). The van der Waals surface area contributed by atoms with E-state index in [1.165, 1.54) is 123 Å². The first kappa shape index (κ1) is 35.9. The Kier molecular flexibility index (Phi) is 21.7. The van der Waals surface area contributed by atoms with Gasteiger partial charge in [0.05, 0.1) is 7.11 Å². The Morgan fingerprint density at radius 2 is 1.15 bits per heavy atom. The third kappa shape index (κ3) is 14.9. The van der Waals surface area contributed by atoms with Crippen molar-refractivity contribution in [3.63, 3.8) is 0 Å². The standard InChI is InChI=1S/C36H66O3/c1-5-8-11-13-15-17-19-21-23-25-28-36(29-26-24-22-20-18-16-14-12-9-6-2)33(27-10-7-3)32(30-34(36)37)31-35(38)39-4/h7,10,32-33H,5-6,8-9,11-31H2,1-4H3/b10-7-. The van der Waals surface area contributed by atoms with Crippen molar-refractivity contribution in [1.29, 1.82) is 0 Å². The van der Waals surface area contributed by atoms with Crippen molar-refractivity contribution in [1.82, 2.24) is 0 Å². The van der Waals surface area contributed by atoms with E-state index in [0.717, 1.165) is 32.1 Å². The van der Waals surface area contributed by atoms with Gasteiger partial charge in [-0.25, -0.2) is 0 Å². The molecular formula is C36H66O3. The number of allylic oxidation sites excluding steroid dienone is 2. The number of esters is 1. The van der Waals surface area contributed by atoms with Crippen molar-refractivity contribution in [2.75, 3.05) is 7.11 Å². The van der Waals surface area contributed by atoms with Crippen molar-refractivity contribution in [2.45, 2.75) is 181 Å². The number of ether oxygens (including phenoxy) is 1. The van der Waals surface area contributed by atoms with Crippen LogP contribution in [0.3, 0.4) is 0 Å². The second kappa shape index (κ2) is 23.6. The highest BCUT2D eigenvalue weighted by Crippen LogP contribution is 2.54. The summed E-state index contributed by atoms with van der Waals surface area (Å²) in [5, 5.41) is 0. The first-order valence-corrected chi connectivity index (χ1v) is 17.3. The third-order valence-electron chi connectivity index (χ3n) is 9.52. The molecule has 0 amide bonds. The van der Waals surface area contributed by atoms with Gasteiger partial charge in [-0.05, 0) is 38.0 Å². The van der Waals surface area contributed by atoms with Crippen LogP contribution in [0.2, 0.25) is 0 Å². The molecule has 0 bridgehead atoms. The van der Waals surface area contributed by atoms with E-state index < -0.39 is 0 Å². The molecule has 3 heteroatoms. The topological polar surface area (TPSA) is 43.4 Å². The predicted molar refractivity (Wildman–Crippen MR) is 168 cm³/mol. The molecule has 1 aliphatic rings. The van der Waals surface area contributed by atoms with Crippen LogP contribution in [0.25, 0.3) is 0 Å². The first-order chi connectivity index (χ1) is 19.1. The monoisotopic (exact) mass is 547 g/mol. The molecule has 0 aromatic heterocycles. The van der Waals surface area contributed by atoms with Gasteiger partial charge in [0.1, 0.15) is 5.78 Å². The Bertz CT molecular complexity index is 613. The van der Waals surface area contributed by atoms with E-state index in [2.05, 4.69) is 32.9 Å².